The van der Waals surface area contributed by atoms with Gasteiger partial charge in [-0.05, 0) is 55.3 Å². The Morgan fingerprint density at radius 1 is 1.07 bits per heavy atom. The van der Waals surface area contributed by atoms with Gasteiger partial charge in [-0.25, -0.2) is 9.97 Å². The first-order valence-corrected chi connectivity index (χ1v) is 8.65. The molecule has 1 heterocycles. The number of methoxy groups -OCH3 is 1. The highest BCUT2D eigenvalue weighted by Crippen LogP contribution is 2.29. The summed E-state index contributed by atoms with van der Waals surface area (Å²) in [6.45, 7) is 3.95. The molecule has 3 rings (SSSR count). The zero-order valence-electron chi connectivity index (χ0n) is 15.2. The Morgan fingerprint density at radius 3 is 2.41 bits per heavy atom. The molecule has 0 aliphatic carbocycles. The van der Waals surface area contributed by atoms with Gasteiger partial charge in [-0.3, -0.25) is 4.79 Å². The highest BCUT2D eigenvalue weighted by atomic mass is 35.5. The topological polar surface area (TPSA) is 76.1 Å². The van der Waals surface area contributed by atoms with Crippen LogP contribution in [0.25, 0.3) is 0 Å². The number of benzene rings is 2. The number of rotatable bonds is 5. The number of halogens is 1. The van der Waals surface area contributed by atoms with Crippen molar-refractivity contribution in [3.63, 3.8) is 0 Å². The quantitative estimate of drug-likeness (QED) is 0.665. The molecular formula is C20H19ClN4O2. The van der Waals surface area contributed by atoms with Crippen molar-refractivity contribution in [1.29, 1.82) is 0 Å². The fraction of sp³-hybridized carbons (Fsp3) is 0.150. The largest absolute Gasteiger partial charge is 0.497 e. The van der Waals surface area contributed by atoms with Gasteiger partial charge in [0.2, 0.25) is 0 Å². The van der Waals surface area contributed by atoms with Crippen LogP contribution in [0, 0.1) is 13.8 Å². The molecule has 0 spiro atoms. The Balaban J connectivity index is 1.70. The number of nitrogens with one attached hydrogen (secondary N) is 2. The first-order chi connectivity index (χ1) is 13.0. The first-order valence-electron chi connectivity index (χ1n) is 8.27. The number of amides is 1. The molecule has 0 bridgehead atoms. The van der Waals surface area contributed by atoms with E-state index in [1.165, 1.54) is 12.4 Å². The van der Waals surface area contributed by atoms with Gasteiger partial charge in [0.15, 0.2) is 0 Å². The number of aromatic nitrogens is 2. The van der Waals surface area contributed by atoms with Gasteiger partial charge < -0.3 is 15.4 Å². The highest BCUT2D eigenvalue weighted by Gasteiger charge is 2.10. The first kappa shape index (κ1) is 18.7. The lowest BCUT2D eigenvalue weighted by atomic mass is 10.1. The zero-order chi connectivity index (χ0) is 19.4. The maximum absolute atomic E-state index is 12.3. The van der Waals surface area contributed by atoms with Gasteiger partial charge in [-0.15, -0.1) is 0 Å². The molecule has 1 amide bonds. The Kier molecular flexibility index (Phi) is 5.57. The molecule has 0 fully saturated rings. The third-order valence-corrected chi connectivity index (χ3v) is 4.22. The van der Waals surface area contributed by atoms with Gasteiger partial charge in [0.1, 0.15) is 17.3 Å². The molecule has 0 aliphatic heterocycles. The second-order valence-corrected chi connectivity index (χ2v) is 6.44. The average molecular weight is 383 g/mol. The summed E-state index contributed by atoms with van der Waals surface area (Å²) in [4.78, 5) is 20.7. The number of carbonyl (C=O) groups excluding carboxylic acids is 1. The van der Waals surface area contributed by atoms with Crippen LogP contribution >= 0.6 is 11.6 Å². The molecule has 6 nitrogen and oxygen atoms in total. The number of carbonyl (C=O) groups is 1. The molecule has 2 N–H and O–H groups in total. The van der Waals surface area contributed by atoms with Gasteiger partial charge in [0.25, 0.3) is 5.91 Å². The molecule has 0 radical (unpaired) electrons. The van der Waals surface area contributed by atoms with Crippen LogP contribution in [0.5, 0.6) is 5.75 Å². The second-order valence-electron chi connectivity index (χ2n) is 6.03. The van der Waals surface area contributed by atoms with Crippen LogP contribution in [0.1, 0.15) is 21.6 Å². The maximum atomic E-state index is 12.3. The fourth-order valence-electron chi connectivity index (χ4n) is 2.58. The van der Waals surface area contributed by atoms with Gasteiger partial charge in [-0.1, -0.05) is 17.7 Å². The van der Waals surface area contributed by atoms with E-state index in [2.05, 4.69) is 20.6 Å². The van der Waals surface area contributed by atoms with E-state index in [-0.39, 0.29) is 11.6 Å². The summed E-state index contributed by atoms with van der Waals surface area (Å²) in [5, 5.41) is 6.52. The summed E-state index contributed by atoms with van der Waals surface area (Å²) in [7, 11) is 1.59. The number of hydrogen-bond donors (Lipinski definition) is 2. The number of ether oxygens (including phenoxy) is 1. The van der Waals surface area contributed by atoms with Gasteiger partial charge in [-0.2, -0.15) is 0 Å². The van der Waals surface area contributed by atoms with E-state index >= 15 is 0 Å². The van der Waals surface area contributed by atoms with Crippen molar-refractivity contribution in [1.82, 2.24) is 9.97 Å². The highest BCUT2D eigenvalue weighted by molar-refractivity contribution is 6.33. The molecule has 0 saturated carbocycles. The van der Waals surface area contributed by atoms with Crippen molar-refractivity contribution in [2.75, 3.05) is 17.7 Å². The monoisotopic (exact) mass is 382 g/mol. The predicted octanol–water partition coefficient (Wildman–Crippen LogP) is 4.75. The molecule has 3 aromatic rings. The van der Waals surface area contributed by atoms with Crippen molar-refractivity contribution >= 4 is 34.7 Å². The second kappa shape index (κ2) is 8.05. The molecule has 27 heavy (non-hydrogen) atoms. The molecule has 0 unspecified atom stereocenters. The summed E-state index contributed by atoms with van der Waals surface area (Å²) in [5.74, 6) is 0.877. The van der Waals surface area contributed by atoms with Crippen LogP contribution in [0.3, 0.4) is 0 Å². The van der Waals surface area contributed by atoms with Gasteiger partial charge in [0.05, 0.1) is 30.2 Å². The van der Waals surface area contributed by atoms with Crippen LogP contribution in [-0.2, 0) is 0 Å². The normalized spacial score (nSPS) is 10.4. The lowest BCUT2D eigenvalue weighted by molar-refractivity contribution is 0.102. The number of hydrogen-bond acceptors (Lipinski definition) is 5. The molecule has 0 saturated heterocycles. The van der Waals surface area contributed by atoms with Crippen molar-refractivity contribution < 1.29 is 9.53 Å². The van der Waals surface area contributed by atoms with E-state index in [4.69, 9.17) is 16.3 Å². The number of aryl methyl sites for hydroxylation is 2. The average Bonchev–Trinajstić information content (AvgIpc) is 2.65. The SMILES string of the molecule is COc1ccc(NC(=O)c2cnc(Nc3c(C)cc(C)cc3Cl)cn2)cc1. The van der Waals surface area contributed by atoms with E-state index in [0.29, 0.717) is 22.3 Å². The standard InChI is InChI=1S/C20H19ClN4O2/c1-12-8-13(2)19(16(21)9-12)25-18-11-22-17(10-23-18)20(26)24-14-4-6-15(27-3)7-5-14/h4-11H,1-3H3,(H,23,25)(H,24,26). The molecular weight excluding hydrogens is 364 g/mol. The smallest absolute Gasteiger partial charge is 0.275 e. The lowest BCUT2D eigenvalue weighted by Crippen LogP contribution is -2.14. The molecule has 1 aromatic heterocycles. The van der Waals surface area contributed by atoms with Crippen molar-refractivity contribution in [3.8, 4) is 5.75 Å². The predicted molar refractivity (Wildman–Crippen MR) is 107 cm³/mol. The van der Waals surface area contributed by atoms with Crippen LogP contribution < -0.4 is 15.4 Å². The van der Waals surface area contributed by atoms with E-state index in [0.717, 1.165) is 16.8 Å². The Labute approximate surface area is 162 Å². The minimum atomic E-state index is -0.344. The molecule has 138 valence electrons. The Hall–Kier alpha value is -3.12. The number of anilines is 3. The third kappa shape index (κ3) is 4.54. The third-order valence-electron chi connectivity index (χ3n) is 3.92. The molecule has 7 heteroatoms. The lowest BCUT2D eigenvalue weighted by Gasteiger charge is -2.12. The molecule has 0 aliphatic rings. The molecule has 0 atom stereocenters. The van der Waals surface area contributed by atoms with Crippen LogP contribution in [0.4, 0.5) is 17.2 Å². The van der Waals surface area contributed by atoms with Crippen LogP contribution in [0.15, 0.2) is 48.8 Å². The Morgan fingerprint density at radius 2 is 1.81 bits per heavy atom. The van der Waals surface area contributed by atoms with Crippen LogP contribution in [-0.4, -0.2) is 23.0 Å². The van der Waals surface area contributed by atoms with Gasteiger partial charge in [0, 0.05) is 5.69 Å². The van der Waals surface area contributed by atoms with E-state index in [1.54, 1.807) is 31.4 Å². The zero-order valence-corrected chi connectivity index (χ0v) is 16.0. The van der Waals surface area contributed by atoms with Gasteiger partial charge >= 0.3 is 0 Å². The summed E-state index contributed by atoms with van der Waals surface area (Å²) in [5.41, 5.74) is 3.71. The number of nitrogens with zero attached hydrogens (tertiary/aromatic N) is 2. The fourth-order valence-corrected chi connectivity index (χ4v) is 2.95. The van der Waals surface area contributed by atoms with Crippen molar-refractivity contribution in [3.05, 3.63) is 70.6 Å². The summed E-state index contributed by atoms with van der Waals surface area (Å²) < 4.78 is 5.09. The molecule has 2 aromatic carbocycles. The van der Waals surface area contributed by atoms with Crippen molar-refractivity contribution in [2.24, 2.45) is 0 Å². The minimum absolute atomic E-state index is 0.211. The Bertz CT molecular complexity index is 934. The summed E-state index contributed by atoms with van der Waals surface area (Å²) >= 11 is 6.29. The van der Waals surface area contributed by atoms with Crippen LogP contribution in [0.2, 0.25) is 5.02 Å². The van der Waals surface area contributed by atoms with E-state index in [1.807, 2.05) is 26.0 Å². The van der Waals surface area contributed by atoms with E-state index in [9.17, 15) is 4.79 Å². The maximum Gasteiger partial charge on any atom is 0.275 e. The summed E-state index contributed by atoms with van der Waals surface area (Å²) in [6, 6.07) is 10.9. The summed E-state index contributed by atoms with van der Waals surface area (Å²) in [6.07, 6.45) is 2.91. The minimum Gasteiger partial charge on any atom is -0.497 e. The van der Waals surface area contributed by atoms with E-state index < -0.39 is 0 Å². The van der Waals surface area contributed by atoms with Crippen molar-refractivity contribution in [2.45, 2.75) is 13.8 Å².